The van der Waals surface area contributed by atoms with Crippen molar-refractivity contribution in [3.63, 3.8) is 0 Å². The summed E-state index contributed by atoms with van der Waals surface area (Å²) in [6.07, 6.45) is 2.70. The van der Waals surface area contributed by atoms with Gasteiger partial charge in [-0.3, -0.25) is 4.79 Å². The SMILES string of the molecule is COc1ccccc1N1CCN(C(=O)CCCCBr)CC1. The number of alkyl halides is 1. The Hall–Kier alpha value is -1.23. The Morgan fingerprint density at radius 2 is 1.90 bits per heavy atom. The number of methoxy groups -OCH3 is 1. The first kappa shape index (κ1) is 16.1. The molecule has 4 nitrogen and oxygen atoms in total. The molecule has 1 aromatic carbocycles. The Morgan fingerprint density at radius 3 is 2.57 bits per heavy atom. The number of ether oxygens (including phenoxy) is 1. The first-order chi connectivity index (χ1) is 10.3. The molecular formula is C16H23BrN2O2. The van der Waals surface area contributed by atoms with Gasteiger partial charge in [-0.25, -0.2) is 0 Å². The molecule has 0 spiro atoms. The van der Waals surface area contributed by atoms with Gasteiger partial charge >= 0.3 is 0 Å². The minimum absolute atomic E-state index is 0.288. The zero-order chi connectivity index (χ0) is 15.1. The molecule has 1 aromatic rings. The highest BCUT2D eigenvalue weighted by molar-refractivity contribution is 9.09. The largest absolute Gasteiger partial charge is 0.495 e. The normalized spacial score (nSPS) is 15.1. The second-order valence-corrected chi connectivity index (χ2v) is 5.98. The van der Waals surface area contributed by atoms with Gasteiger partial charge < -0.3 is 14.5 Å². The molecule has 1 saturated heterocycles. The number of piperazine rings is 1. The summed E-state index contributed by atoms with van der Waals surface area (Å²) >= 11 is 3.40. The van der Waals surface area contributed by atoms with Gasteiger partial charge in [-0.1, -0.05) is 28.1 Å². The van der Waals surface area contributed by atoms with Crippen LogP contribution in [0.2, 0.25) is 0 Å². The predicted molar refractivity (Wildman–Crippen MR) is 89.4 cm³/mol. The van der Waals surface area contributed by atoms with E-state index in [9.17, 15) is 4.79 Å². The number of carbonyl (C=O) groups excluding carboxylic acids is 1. The standard InChI is InChI=1S/C16H23BrN2O2/c1-21-15-7-3-2-6-14(15)18-10-12-19(13-11-18)16(20)8-4-5-9-17/h2-3,6-7H,4-5,8-13H2,1H3. The number of amides is 1. The third kappa shape index (κ3) is 4.37. The number of anilines is 1. The number of para-hydroxylation sites is 2. The quantitative estimate of drug-likeness (QED) is 0.581. The summed E-state index contributed by atoms with van der Waals surface area (Å²) in [5.41, 5.74) is 1.12. The molecule has 0 radical (unpaired) electrons. The van der Waals surface area contributed by atoms with Crippen LogP contribution >= 0.6 is 15.9 Å². The summed E-state index contributed by atoms with van der Waals surface area (Å²) in [6.45, 7) is 3.32. The van der Waals surface area contributed by atoms with E-state index in [0.29, 0.717) is 6.42 Å². The highest BCUT2D eigenvalue weighted by Gasteiger charge is 2.22. The topological polar surface area (TPSA) is 32.8 Å². The molecule has 1 aliphatic heterocycles. The van der Waals surface area contributed by atoms with E-state index in [1.165, 1.54) is 0 Å². The van der Waals surface area contributed by atoms with Crippen LogP contribution in [0.3, 0.4) is 0 Å². The van der Waals surface area contributed by atoms with Crippen molar-refractivity contribution in [2.45, 2.75) is 19.3 Å². The molecule has 0 aliphatic carbocycles. The monoisotopic (exact) mass is 354 g/mol. The summed E-state index contributed by atoms with van der Waals surface area (Å²) in [4.78, 5) is 16.4. The maximum atomic E-state index is 12.1. The van der Waals surface area contributed by atoms with Crippen LogP contribution in [0.1, 0.15) is 19.3 Å². The van der Waals surface area contributed by atoms with Crippen LogP contribution in [0.15, 0.2) is 24.3 Å². The lowest BCUT2D eigenvalue weighted by atomic mass is 10.2. The minimum Gasteiger partial charge on any atom is -0.495 e. The van der Waals surface area contributed by atoms with Crippen molar-refractivity contribution in [3.05, 3.63) is 24.3 Å². The fourth-order valence-electron chi connectivity index (χ4n) is 2.62. The maximum Gasteiger partial charge on any atom is 0.222 e. The summed E-state index contributed by atoms with van der Waals surface area (Å²) in [7, 11) is 1.70. The van der Waals surface area contributed by atoms with Crippen molar-refractivity contribution < 1.29 is 9.53 Å². The highest BCUT2D eigenvalue weighted by atomic mass is 79.9. The van der Waals surface area contributed by atoms with Gasteiger partial charge in [0.2, 0.25) is 5.91 Å². The van der Waals surface area contributed by atoms with E-state index >= 15 is 0 Å². The molecule has 1 fully saturated rings. The average Bonchev–Trinajstić information content (AvgIpc) is 2.55. The molecule has 0 saturated carbocycles. The number of hydrogen-bond donors (Lipinski definition) is 0. The zero-order valence-electron chi connectivity index (χ0n) is 12.6. The molecule has 0 unspecified atom stereocenters. The van der Waals surface area contributed by atoms with E-state index in [4.69, 9.17) is 4.74 Å². The first-order valence-electron chi connectivity index (χ1n) is 7.48. The van der Waals surface area contributed by atoms with Crippen LogP contribution in [0.25, 0.3) is 0 Å². The highest BCUT2D eigenvalue weighted by Crippen LogP contribution is 2.28. The lowest BCUT2D eigenvalue weighted by molar-refractivity contribution is -0.131. The van der Waals surface area contributed by atoms with E-state index in [-0.39, 0.29) is 5.91 Å². The van der Waals surface area contributed by atoms with E-state index in [1.807, 2.05) is 23.1 Å². The van der Waals surface area contributed by atoms with Gasteiger partial charge in [0.25, 0.3) is 0 Å². The van der Waals surface area contributed by atoms with E-state index in [0.717, 1.165) is 55.8 Å². The van der Waals surface area contributed by atoms with Crippen molar-refractivity contribution in [1.29, 1.82) is 0 Å². The zero-order valence-corrected chi connectivity index (χ0v) is 14.1. The molecular weight excluding hydrogens is 332 g/mol. The fraction of sp³-hybridized carbons (Fsp3) is 0.562. The van der Waals surface area contributed by atoms with Gasteiger partial charge in [-0.05, 0) is 25.0 Å². The van der Waals surface area contributed by atoms with Crippen molar-refractivity contribution in [3.8, 4) is 5.75 Å². The number of nitrogens with zero attached hydrogens (tertiary/aromatic N) is 2. The van der Waals surface area contributed by atoms with Gasteiger partial charge in [0, 0.05) is 37.9 Å². The number of hydrogen-bond acceptors (Lipinski definition) is 3. The third-order valence-electron chi connectivity index (χ3n) is 3.83. The molecule has 1 heterocycles. The minimum atomic E-state index is 0.288. The second-order valence-electron chi connectivity index (χ2n) is 5.19. The van der Waals surface area contributed by atoms with E-state index in [1.54, 1.807) is 7.11 Å². The lowest BCUT2D eigenvalue weighted by Gasteiger charge is -2.36. The summed E-state index contributed by atoms with van der Waals surface area (Å²) in [6, 6.07) is 8.06. The van der Waals surface area contributed by atoms with Crippen molar-refractivity contribution in [2.24, 2.45) is 0 Å². The molecule has 1 amide bonds. The first-order valence-corrected chi connectivity index (χ1v) is 8.60. The number of benzene rings is 1. The number of carbonyl (C=O) groups is 1. The van der Waals surface area contributed by atoms with Crippen LogP contribution in [0.4, 0.5) is 5.69 Å². The Balaban J connectivity index is 1.87. The van der Waals surface area contributed by atoms with Crippen LogP contribution < -0.4 is 9.64 Å². The Kier molecular flexibility index (Phi) is 6.36. The van der Waals surface area contributed by atoms with Crippen molar-refractivity contribution in [1.82, 2.24) is 4.90 Å². The predicted octanol–water partition coefficient (Wildman–Crippen LogP) is 2.91. The number of unbranched alkanes of at least 4 members (excludes halogenated alkanes) is 1. The molecule has 1 aliphatic rings. The summed E-state index contributed by atoms with van der Waals surface area (Å²) in [5, 5.41) is 0.974. The molecule has 0 atom stereocenters. The van der Waals surface area contributed by atoms with Gasteiger partial charge in [0.05, 0.1) is 12.8 Å². The molecule has 0 N–H and O–H groups in total. The van der Waals surface area contributed by atoms with Crippen molar-refractivity contribution in [2.75, 3.05) is 43.5 Å². The third-order valence-corrected chi connectivity index (χ3v) is 4.39. The number of halogens is 1. The average molecular weight is 355 g/mol. The molecule has 0 bridgehead atoms. The molecule has 2 rings (SSSR count). The smallest absolute Gasteiger partial charge is 0.222 e. The molecule has 0 aromatic heterocycles. The van der Waals surface area contributed by atoms with Gasteiger partial charge in [0.15, 0.2) is 0 Å². The lowest BCUT2D eigenvalue weighted by Crippen LogP contribution is -2.48. The van der Waals surface area contributed by atoms with E-state index < -0.39 is 0 Å². The van der Waals surface area contributed by atoms with Crippen molar-refractivity contribution >= 4 is 27.5 Å². The van der Waals surface area contributed by atoms with Gasteiger partial charge in [-0.2, -0.15) is 0 Å². The van der Waals surface area contributed by atoms with Gasteiger partial charge in [0.1, 0.15) is 5.75 Å². The van der Waals surface area contributed by atoms with Gasteiger partial charge in [-0.15, -0.1) is 0 Å². The van der Waals surface area contributed by atoms with E-state index in [2.05, 4.69) is 26.9 Å². The van der Waals surface area contributed by atoms with Crippen LogP contribution in [-0.2, 0) is 4.79 Å². The van der Waals surface area contributed by atoms with Crippen LogP contribution in [0.5, 0.6) is 5.75 Å². The second kappa shape index (κ2) is 8.27. The number of rotatable bonds is 6. The molecule has 116 valence electrons. The summed E-state index contributed by atoms with van der Waals surface area (Å²) in [5.74, 6) is 1.19. The maximum absolute atomic E-state index is 12.1. The van der Waals surface area contributed by atoms with Crippen LogP contribution in [0, 0.1) is 0 Å². The Morgan fingerprint density at radius 1 is 1.19 bits per heavy atom. The molecule has 21 heavy (non-hydrogen) atoms. The molecule has 5 heteroatoms. The Bertz CT molecular complexity index is 459. The Labute approximate surface area is 135 Å². The van der Waals surface area contributed by atoms with Crippen LogP contribution in [-0.4, -0.2) is 49.4 Å². The summed E-state index contributed by atoms with van der Waals surface area (Å²) < 4.78 is 5.41. The fourth-order valence-corrected chi connectivity index (χ4v) is 3.01.